The summed E-state index contributed by atoms with van der Waals surface area (Å²) in [4.78, 5) is 17.1. The van der Waals surface area contributed by atoms with Gasteiger partial charge in [-0.25, -0.2) is 0 Å². The van der Waals surface area contributed by atoms with Crippen molar-refractivity contribution in [1.82, 2.24) is 10.3 Å². The van der Waals surface area contributed by atoms with Crippen LogP contribution in [0.15, 0.2) is 30.9 Å². The molecule has 1 heterocycles. The van der Waals surface area contributed by atoms with E-state index in [4.69, 9.17) is 11.6 Å². The van der Waals surface area contributed by atoms with E-state index in [9.17, 15) is 4.79 Å². The van der Waals surface area contributed by atoms with E-state index < -0.39 is 0 Å². The molecule has 1 aromatic carbocycles. The van der Waals surface area contributed by atoms with E-state index >= 15 is 0 Å². The maximum Gasteiger partial charge on any atom is 0.252 e. The molecule has 0 atom stereocenters. The molecule has 1 amide bonds. The molecule has 0 saturated heterocycles. The third-order valence-electron chi connectivity index (χ3n) is 3.61. The summed E-state index contributed by atoms with van der Waals surface area (Å²) in [6, 6.07) is 5.51. The second-order valence-corrected chi connectivity index (χ2v) is 5.36. The zero-order valence-electron chi connectivity index (χ0n) is 11.1. The lowest BCUT2D eigenvalue weighted by molar-refractivity contribution is 0.0958. The predicted molar refractivity (Wildman–Crippen MR) is 81.3 cm³/mol. The van der Waals surface area contributed by atoms with Gasteiger partial charge in [-0.2, -0.15) is 0 Å². The molecule has 0 radical (unpaired) electrons. The van der Waals surface area contributed by atoms with Crippen LogP contribution in [0.4, 0.5) is 0 Å². The van der Waals surface area contributed by atoms with Crippen molar-refractivity contribution in [2.24, 2.45) is 0 Å². The molecule has 1 N–H and O–H groups in total. The first-order valence-corrected chi connectivity index (χ1v) is 7.08. The minimum absolute atomic E-state index is 0.0716. The van der Waals surface area contributed by atoms with Crippen molar-refractivity contribution in [3.63, 3.8) is 0 Å². The SMILES string of the molecule is C=CCNC(=O)c1c2c(nc3ccc(Cl)cc13)CCC2. The molecular weight excluding hydrogens is 272 g/mol. The summed E-state index contributed by atoms with van der Waals surface area (Å²) in [5, 5.41) is 4.32. The predicted octanol–water partition coefficient (Wildman–Crippen LogP) is 3.29. The van der Waals surface area contributed by atoms with Crippen LogP contribution in [0.25, 0.3) is 10.9 Å². The van der Waals surface area contributed by atoms with Crippen molar-refractivity contribution < 1.29 is 4.79 Å². The number of fused-ring (bicyclic) bond motifs is 2. The molecule has 0 unspecified atom stereocenters. The van der Waals surface area contributed by atoms with Gasteiger partial charge in [-0.15, -0.1) is 6.58 Å². The summed E-state index contributed by atoms with van der Waals surface area (Å²) in [5.74, 6) is -0.0716. The minimum atomic E-state index is -0.0716. The number of hydrogen-bond donors (Lipinski definition) is 1. The first kappa shape index (κ1) is 13.1. The van der Waals surface area contributed by atoms with Crippen LogP contribution in [0.3, 0.4) is 0 Å². The fourth-order valence-corrected chi connectivity index (χ4v) is 2.92. The van der Waals surface area contributed by atoms with Gasteiger partial charge in [0.1, 0.15) is 0 Å². The highest BCUT2D eigenvalue weighted by Crippen LogP contribution is 2.31. The van der Waals surface area contributed by atoms with Gasteiger partial charge in [0.15, 0.2) is 0 Å². The third kappa shape index (κ3) is 2.18. The molecule has 1 aliphatic rings. The fourth-order valence-electron chi connectivity index (χ4n) is 2.75. The summed E-state index contributed by atoms with van der Waals surface area (Å²) in [6.45, 7) is 4.08. The van der Waals surface area contributed by atoms with Gasteiger partial charge in [-0.3, -0.25) is 9.78 Å². The Bertz CT molecular complexity index is 709. The number of carbonyl (C=O) groups excluding carboxylic acids is 1. The minimum Gasteiger partial charge on any atom is -0.349 e. The van der Waals surface area contributed by atoms with Crippen LogP contribution in [0.2, 0.25) is 5.02 Å². The van der Waals surface area contributed by atoms with Gasteiger partial charge in [0, 0.05) is 22.6 Å². The van der Waals surface area contributed by atoms with E-state index in [1.807, 2.05) is 18.2 Å². The van der Waals surface area contributed by atoms with Crippen LogP contribution >= 0.6 is 11.6 Å². The van der Waals surface area contributed by atoms with Gasteiger partial charge in [0.05, 0.1) is 11.1 Å². The van der Waals surface area contributed by atoms with Crippen molar-refractivity contribution in [1.29, 1.82) is 0 Å². The average Bonchev–Trinajstić information content (AvgIpc) is 2.90. The molecule has 4 heteroatoms. The standard InChI is InChI=1S/C16H15ClN2O/c1-2-8-18-16(20)15-11-4-3-5-13(11)19-14-7-6-10(17)9-12(14)15/h2,6-7,9H,1,3-5,8H2,(H,18,20). The van der Waals surface area contributed by atoms with Crippen molar-refractivity contribution in [3.05, 3.63) is 52.7 Å². The Kier molecular flexibility index (Phi) is 3.45. The second-order valence-electron chi connectivity index (χ2n) is 4.93. The molecular formula is C16H15ClN2O. The normalized spacial score (nSPS) is 13.2. The second kappa shape index (κ2) is 5.25. The highest BCUT2D eigenvalue weighted by atomic mass is 35.5. The Morgan fingerprint density at radius 2 is 2.30 bits per heavy atom. The van der Waals surface area contributed by atoms with Crippen LogP contribution < -0.4 is 5.32 Å². The summed E-state index contributed by atoms with van der Waals surface area (Å²) < 4.78 is 0. The quantitative estimate of drug-likeness (QED) is 0.880. The Labute approximate surface area is 122 Å². The number of amides is 1. The van der Waals surface area contributed by atoms with Crippen LogP contribution in [0.1, 0.15) is 28.0 Å². The van der Waals surface area contributed by atoms with E-state index in [0.717, 1.165) is 47.0 Å². The molecule has 0 aliphatic heterocycles. The molecule has 0 bridgehead atoms. The molecule has 0 saturated carbocycles. The van der Waals surface area contributed by atoms with E-state index in [1.54, 1.807) is 6.08 Å². The number of aryl methyl sites for hydroxylation is 1. The molecule has 20 heavy (non-hydrogen) atoms. The number of nitrogens with one attached hydrogen (secondary N) is 1. The number of benzene rings is 1. The lowest BCUT2D eigenvalue weighted by Crippen LogP contribution is -2.25. The Balaban J connectivity index is 2.23. The topological polar surface area (TPSA) is 42.0 Å². The van der Waals surface area contributed by atoms with Crippen molar-refractivity contribution >= 4 is 28.4 Å². The van der Waals surface area contributed by atoms with E-state index in [-0.39, 0.29) is 5.91 Å². The molecule has 0 spiro atoms. The molecule has 0 fully saturated rings. The van der Waals surface area contributed by atoms with Gasteiger partial charge < -0.3 is 5.32 Å². The third-order valence-corrected chi connectivity index (χ3v) is 3.84. The van der Waals surface area contributed by atoms with E-state index in [0.29, 0.717) is 11.6 Å². The number of carbonyl (C=O) groups is 1. The molecule has 102 valence electrons. The Hall–Kier alpha value is -1.87. The molecule has 3 rings (SSSR count). The highest BCUT2D eigenvalue weighted by Gasteiger charge is 2.23. The number of nitrogens with zero attached hydrogens (tertiary/aromatic N) is 1. The van der Waals surface area contributed by atoms with E-state index in [2.05, 4.69) is 16.9 Å². The van der Waals surface area contributed by atoms with Gasteiger partial charge in [-0.1, -0.05) is 17.7 Å². The lowest BCUT2D eigenvalue weighted by atomic mass is 10.0. The molecule has 1 aliphatic carbocycles. The largest absolute Gasteiger partial charge is 0.349 e. The summed E-state index contributed by atoms with van der Waals surface area (Å²) >= 11 is 6.07. The van der Waals surface area contributed by atoms with Crippen LogP contribution in [-0.2, 0) is 12.8 Å². The van der Waals surface area contributed by atoms with Gasteiger partial charge in [0.2, 0.25) is 0 Å². The van der Waals surface area contributed by atoms with E-state index in [1.165, 1.54) is 0 Å². The average molecular weight is 287 g/mol. The highest BCUT2D eigenvalue weighted by molar-refractivity contribution is 6.31. The zero-order chi connectivity index (χ0) is 14.1. The van der Waals surface area contributed by atoms with Crippen molar-refractivity contribution in [3.8, 4) is 0 Å². The first-order valence-electron chi connectivity index (χ1n) is 6.71. The Morgan fingerprint density at radius 3 is 3.10 bits per heavy atom. The zero-order valence-corrected chi connectivity index (χ0v) is 11.8. The lowest BCUT2D eigenvalue weighted by Gasteiger charge is -2.12. The molecule has 1 aromatic heterocycles. The number of aromatic nitrogens is 1. The number of hydrogen-bond acceptors (Lipinski definition) is 2. The van der Waals surface area contributed by atoms with Crippen molar-refractivity contribution in [2.75, 3.05) is 6.54 Å². The number of pyridine rings is 1. The van der Waals surface area contributed by atoms with Gasteiger partial charge in [0.25, 0.3) is 5.91 Å². The number of rotatable bonds is 3. The van der Waals surface area contributed by atoms with Gasteiger partial charge >= 0.3 is 0 Å². The van der Waals surface area contributed by atoms with Crippen LogP contribution in [-0.4, -0.2) is 17.4 Å². The maximum atomic E-state index is 12.5. The monoisotopic (exact) mass is 286 g/mol. The molecule has 3 nitrogen and oxygen atoms in total. The van der Waals surface area contributed by atoms with Crippen molar-refractivity contribution in [2.45, 2.75) is 19.3 Å². The molecule has 2 aromatic rings. The van der Waals surface area contributed by atoms with Crippen LogP contribution in [0.5, 0.6) is 0 Å². The fraction of sp³-hybridized carbons (Fsp3) is 0.250. The van der Waals surface area contributed by atoms with Crippen LogP contribution in [0, 0.1) is 0 Å². The summed E-state index contributed by atoms with van der Waals surface area (Å²) in [5.41, 5.74) is 3.68. The Morgan fingerprint density at radius 1 is 1.45 bits per heavy atom. The maximum absolute atomic E-state index is 12.5. The summed E-state index contributed by atoms with van der Waals surface area (Å²) in [6.07, 6.45) is 4.57. The summed E-state index contributed by atoms with van der Waals surface area (Å²) in [7, 11) is 0. The smallest absolute Gasteiger partial charge is 0.252 e. The van der Waals surface area contributed by atoms with Gasteiger partial charge in [-0.05, 0) is 43.0 Å². The number of halogens is 1. The first-order chi connectivity index (χ1) is 9.70.